The van der Waals surface area contributed by atoms with Gasteiger partial charge in [0.15, 0.2) is 5.43 Å². The van der Waals surface area contributed by atoms with Gasteiger partial charge < -0.3 is 10.3 Å². The molecule has 1 heterocycles. The van der Waals surface area contributed by atoms with Crippen LogP contribution in [-0.4, -0.2) is 10.5 Å². The molecular formula is C24H24N2O2. The van der Waals surface area contributed by atoms with E-state index < -0.39 is 11.4 Å². The molecule has 1 aromatic heterocycles. The maximum atomic E-state index is 13.2. The molecule has 0 fully saturated rings. The van der Waals surface area contributed by atoms with Gasteiger partial charge in [0.05, 0.1) is 5.52 Å². The van der Waals surface area contributed by atoms with E-state index in [1.807, 2.05) is 60.0 Å². The molecule has 2 aromatic carbocycles. The Kier molecular flexibility index (Phi) is 5.32. The van der Waals surface area contributed by atoms with Crippen molar-refractivity contribution in [2.45, 2.75) is 25.3 Å². The van der Waals surface area contributed by atoms with Gasteiger partial charge in [-0.25, -0.2) is 0 Å². The highest BCUT2D eigenvalue weighted by Crippen LogP contribution is 2.32. The first-order chi connectivity index (χ1) is 13.4. The highest BCUT2D eigenvalue weighted by Gasteiger charge is 2.37. The van der Waals surface area contributed by atoms with E-state index in [1.165, 1.54) is 0 Å². The van der Waals surface area contributed by atoms with Crippen LogP contribution >= 0.6 is 0 Å². The Morgan fingerprint density at radius 1 is 1.11 bits per heavy atom. The zero-order valence-electron chi connectivity index (χ0n) is 16.0. The fourth-order valence-electron chi connectivity index (χ4n) is 3.69. The van der Waals surface area contributed by atoms with E-state index in [4.69, 9.17) is 5.73 Å². The minimum absolute atomic E-state index is 0.0759. The van der Waals surface area contributed by atoms with Crippen molar-refractivity contribution in [2.24, 2.45) is 5.73 Å². The second-order valence-electron chi connectivity index (χ2n) is 7.01. The van der Waals surface area contributed by atoms with Crippen molar-refractivity contribution in [3.8, 4) is 11.1 Å². The zero-order chi connectivity index (χ0) is 20.3. The summed E-state index contributed by atoms with van der Waals surface area (Å²) in [6.45, 7) is 9.58. The smallest absolute Gasteiger partial charge is 0.244 e. The third-order valence-electron chi connectivity index (χ3n) is 5.13. The topological polar surface area (TPSA) is 65.1 Å². The summed E-state index contributed by atoms with van der Waals surface area (Å²) in [4.78, 5) is 25.9. The van der Waals surface area contributed by atoms with Gasteiger partial charge in [0, 0.05) is 17.1 Å². The number of hydrogen-bond donors (Lipinski definition) is 1. The van der Waals surface area contributed by atoms with Crippen molar-refractivity contribution in [2.75, 3.05) is 0 Å². The Morgan fingerprint density at radius 3 is 2.32 bits per heavy atom. The summed E-state index contributed by atoms with van der Waals surface area (Å²) >= 11 is 0. The van der Waals surface area contributed by atoms with Crippen LogP contribution in [0, 0.1) is 6.92 Å². The lowest BCUT2D eigenvalue weighted by Gasteiger charge is -2.34. The number of carbonyl (C=O) groups is 1. The molecule has 28 heavy (non-hydrogen) atoms. The highest BCUT2D eigenvalue weighted by molar-refractivity contribution is 5.89. The summed E-state index contributed by atoms with van der Waals surface area (Å²) in [6, 6.07) is 15.0. The molecule has 142 valence electrons. The van der Waals surface area contributed by atoms with E-state index in [2.05, 4.69) is 13.2 Å². The average Bonchev–Trinajstić information content (AvgIpc) is 2.68. The number of rotatable bonds is 7. The first-order valence-electron chi connectivity index (χ1n) is 9.18. The van der Waals surface area contributed by atoms with Gasteiger partial charge in [-0.15, -0.1) is 13.2 Å². The Balaban J connectivity index is 2.49. The van der Waals surface area contributed by atoms with Crippen LogP contribution in [0.15, 0.2) is 84.8 Å². The largest absolute Gasteiger partial charge is 0.368 e. The van der Waals surface area contributed by atoms with Crippen molar-refractivity contribution in [1.29, 1.82) is 0 Å². The number of carbonyl (C=O) groups excluding carboxylic acids is 1. The lowest BCUT2D eigenvalue weighted by Crippen LogP contribution is -2.46. The molecule has 4 heteroatoms. The molecule has 0 saturated carbocycles. The van der Waals surface area contributed by atoms with Gasteiger partial charge in [-0.05, 0) is 43.0 Å². The van der Waals surface area contributed by atoms with E-state index in [0.717, 1.165) is 11.1 Å². The van der Waals surface area contributed by atoms with Crippen LogP contribution in [0.1, 0.15) is 18.4 Å². The number of allylic oxidation sites excluding steroid dienone is 2. The molecule has 0 aliphatic carbocycles. The quantitative estimate of drug-likeness (QED) is 0.628. The molecule has 2 N–H and O–H groups in total. The molecule has 0 aliphatic heterocycles. The van der Waals surface area contributed by atoms with E-state index in [-0.39, 0.29) is 5.43 Å². The van der Waals surface area contributed by atoms with Crippen LogP contribution in [0.25, 0.3) is 22.0 Å². The van der Waals surface area contributed by atoms with Crippen LogP contribution in [0.5, 0.6) is 0 Å². The Bertz CT molecular complexity index is 1100. The third kappa shape index (κ3) is 3.18. The van der Waals surface area contributed by atoms with Gasteiger partial charge in [0.25, 0.3) is 0 Å². The maximum absolute atomic E-state index is 13.2. The number of benzene rings is 2. The number of aryl methyl sites for hydroxylation is 1. The minimum Gasteiger partial charge on any atom is -0.368 e. The van der Waals surface area contributed by atoms with E-state index in [0.29, 0.717) is 29.3 Å². The molecule has 4 nitrogen and oxygen atoms in total. The Labute approximate surface area is 164 Å². The van der Waals surface area contributed by atoms with Crippen LogP contribution in [-0.2, 0) is 10.3 Å². The Morgan fingerprint density at radius 2 is 1.75 bits per heavy atom. The predicted molar refractivity (Wildman–Crippen MR) is 115 cm³/mol. The molecule has 3 rings (SSSR count). The number of amides is 1. The van der Waals surface area contributed by atoms with Gasteiger partial charge in [-0.1, -0.05) is 48.6 Å². The van der Waals surface area contributed by atoms with Crippen LogP contribution < -0.4 is 11.2 Å². The normalized spacial score (nSPS) is 11.3. The number of pyridine rings is 1. The van der Waals surface area contributed by atoms with Crippen molar-refractivity contribution in [1.82, 2.24) is 4.57 Å². The maximum Gasteiger partial charge on any atom is 0.244 e. The SMILES string of the molecule is C=CCC(CC=C)(C(N)=O)n1cc(-c2ccccc2)c(=O)c2ccc(C)cc21. The molecule has 0 radical (unpaired) electrons. The number of fused-ring (bicyclic) bond motifs is 1. The molecule has 3 aromatic rings. The van der Waals surface area contributed by atoms with Crippen LogP contribution in [0.3, 0.4) is 0 Å². The fraction of sp³-hybridized carbons (Fsp3) is 0.167. The van der Waals surface area contributed by atoms with Crippen molar-refractivity contribution in [3.05, 3.63) is 95.8 Å². The van der Waals surface area contributed by atoms with Crippen molar-refractivity contribution < 1.29 is 4.79 Å². The van der Waals surface area contributed by atoms with E-state index >= 15 is 0 Å². The summed E-state index contributed by atoms with van der Waals surface area (Å²) in [5, 5.41) is 0.547. The van der Waals surface area contributed by atoms with Crippen molar-refractivity contribution in [3.63, 3.8) is 0 Å². The predicted octanol–water partition coefficient (Wildman–Crippen LogP) is 4.31. The first kappa shape index (κ1) is 19.4. The molecule has 0 bridgehead atoms. The third-order valence-corrected chi connectivity index (χ3v) is 5.13. The number of hydrogen-bond acceptors (Lipinski definition) is 2. The molecule has 0 spiro atoms. The standard InChI is InChI=1S/C24H24N2O2/c1-4-13-24(14-5-2,23(25)28)26-16-20(18-9-7-6-8-10-18)22(27)19-12-11-17(3)15-21(19)26/h4-12,15-16H,1-2,13-14H2,3H3,(H2,25,28). The summed E-state index contributed by atoms with van der Waals surface area (Å²) < 4.78 is 1.84. The monoisotopic (exact) mass is 372 g/mol. The van der Waals surface area contributed by atoms with Crippen LogP contribution in [0.4, 0.5) is 0 Å². The molecule has 0 atom stereocenters. The van der Waals surface area contributed by atoms with Crippen molar-refractivity contribution >= 4 is 16.8 Å². The summed E-state index contributed by atoms with van der Waals surface area (Å²) in [7, 11) is 0. The van der Waals surface area contributed by atoms with E-state index in [9.17, 15) is 9.59 Å². The molecule has 0 saturated heterocycles. The summed E-state index contributed by atoms with van der Waals surface area (Å²) in [5.41, 5.74) is 7.71. The van der Waals surface area contributed by atoms with Gasteiger partial charge >= 0.3 is 0 Å². The number of aromatic nitrogens is 1. The van der Waals surface area contributed by atoms with Gasteiger partial charge in [-0.3, -0.25) is 9.59 Å². The highest BCUT2D eigenvalue weighted by atomic mass is 16.1. The van der Waals surface area contributed by atoms with Gasteiger partial charge in [-0.2, -0.15) is 0 Å². The molecular weight excluding hydrogens is 348 g/mol. The number of primary amides is 1. The number of nitrogens with zero attached hydrogens (tertiary/aromatic N) is 1. The number of nitrogens with two attached hydrogens (primary N) is 1. The van der Waals surface area contributed by atoms with Gasteiger partial charge in [0.2, 0.25) is 5.91 Å². The fourth-order valence-corrected chi connectivity index (χ4v) is 3.69. The lowest BCUT2D eigenvalue weighted by atomic mass is 9.88. The van der Waals surface area contributed by atoms with Crippen LogP contribution in [0.2, 0.25) is 0 Å². The summed E-state index contributed by atoms with van der Waals surface area (Å²) in [6.07, 6.45) is 5.76. The molecule has 0 aliphatic rings. The zero-order valence-corrected chi connectivity index (χ0v) is 16.0. The first-order valence-corrected chi connectivity index (χ1v) is 9.18. The average molecular weight is 372 g/mol. The van der Waals surface area contributed by atoms with Gasteiger partial charge in [0.1, 0.15) is 5.54 Å². The van der Waals surface area contributed by atoms with E-state index in [1.54, 1.807) is 18.3 Å². The minimum atomic E-state index is -1.09. The Hall–Kier alpha value is -3.40. The molecule has 1 amide bonds. The summed E-state index contributed by atoms with van der Waals surface area (Å²) in [5.74, 6) is -0.488. The lowest BCUT2D eigenvalue weighted by molar-refractivity contribution is -0.126. The second kappa shape index (κ2) is 7.69. The molecule has 0 unspecified atom stereocenters. The second-order valence-corrected chi connectivity index (χ2v) is 7.01.